The van der Waals surface area contributed by atoms with Crippen molar-refractivity contribution >= 4 is 20.0 Å². The van der Waals surface area contributed by atoms with Gasteiger partial charge in [-0.25, -0.2) is 16.8 Å². The summed E-state index contributed by atoms with van der Waals surface area (Å²) in [4.78, 5) is 0.645. The molecule has 43 heavy (non-hydrogen) atoms. The number of nitrogens with zero attached hydrogens (tertiary/aromatic N) is 2. The van der Waals surface area contributed by atoms with Gasteiger partial charge in [-0.3, -0.25) is 0 Å². The Balaban J connectivity index is 1.24. The maximum Gasteiger partial charge on any atom is 0.243 e. The summed E-state index contributed by atoms with van der Waals surface area (Å²) < 4.78 is 68.2. The predicted molar refractivity (Wildman–Crippen MR) is 170 cm³/mol. The third-order valence-electron chi connectivity index (χ3n) is 8.63. The number of benzene rings is 2. The first-order valence-electron chi connectivity index (χ1n) is 16.1. The van der Waals surface area contributed by atoms with Gasteiger partial charge >= 0.3 is 0 Å². The quantitative estimate of drug-likeness (QED) is 0.144. The second-order valence-corrected chi connectivity index (χ2v) is 15.7. The maximum atomic E-state index is 13.4. The van der Waals surface area contributed by atoms with E-state index in [2.05, 4.69) is 13.8 Å². The summed E-state index contributed by atoms with van der Waals surface area (Å²) in [5.74, 6) is 0. The largest absolute Gasteiger partial charge is 0.354 e. The minimum absolute atomic E-state index is 0.00626. The zero-order valence-electron chi connectivity index (χ0n) is 26.0. The van der Waals surface area contributed by atoms with Gasteiger partial charge in [0.05, 0.1) is 23.0 Å². The molecule has 10 heteroatoms. The van der Waals surface area contributed by atoms with Crippen LogP contribution >= 0.6 is 0 Å². The molecule has 2 aliphatic rings. The molecule has 0 amide bonds. The lowest BCUT2D eigenvalue weighted by Crippen LogP contribution is -2.39. The van der Waals surface area contributed by atoms with E-state index in [9.17, 15) is 16.8 Å². The van der Waals surface area contributed by atoms with E-state index in [1.165, 1.54) is 12.8 Å². The first-order chi connectivity index (χ1) is 20.8. The molecule has 4 rings (SSSR count). The molecule has 2 saturated heterocycles. The Kier molecular flexibility index (Phi) is 13.1. The van der Waals surface area contributed by atoms with Crippen molar-refractivity contribution in [1.29, 1.82) is 0 Å². The molecule has 2 fully saturated rings. The number of hydrogen-bond donors (Lipinski definition) is 0. The third kappa shape index (κ3) is 9.11. The molecule has 2 aromatic rings. The Morgan fingerprint density at radius 2 is 1.02 bits per heavy atom. The van der Waals surface area contributed by atoms with Gasteiger partial charge in [0.2, 0.25) is 20.0 Å². The lowest BCUT2D eigenvalue weighted by Gasteiger charge is -2.25. The van der Waals surface area contributed by atoms with Gasteiger partial charge in [0, 0.05) is 25.2 Å². The highest BCUT2D eigenvalue weighted by Crippen LogP contribution is 2.28. The second-order valence-electron chi connectivity index (χ2n) is 11.9. The summed E-state index contributed by atoms with van der Waals surface area (Å²) in [7, 11) is -7.21. The Morgan fingerprint density at radius 1 is 0.628 bits per heavy atom. The van der Waals surface area contributed by atoms with Crippen LogP contribution in [-0.2, 0) is 42.4 Å². The van der Waals surface area contributed by atoms with Crippen molar-refractivity contribution < 1.29 is 26.3 Å². The standard InChI is InChI=1S/C33H50N2O6S2/c1-3-5-7-11-28-15-19-32(20-16-28)42(36,37)34-23-9-13-30(34)25-40-27-41-26-31-14-10-24-35(31)43(38,39)33-21-17-29(18-22-33)12-8-6-4-2/h15-22,30-31H,3-14,23-27H2,1-2H3/t30-,31-/m0/s1. The average Bonchev–Trinajstić information content (AvgIpc) is 3.69. The molecule has 0 radical (unpaired) electrons. The van der Waals surface area contributed by atoms with Gasteiger partial charge in [-0.15, -0.1) is 0 Å². The molecule has 8 nitrogen and oxygen atoms in total. The molecular formula is C33H50N2O6S2. The number of sulfonamides is 2. The summed E-state index contributed by atoms with van der Waals surface area (Å²) in [6, 6.07) is 14.1. The fourth-order valence-electron chi connectivity index (χ4n) is 6.10. The molecule has 0 N–H and O–H groups in total. The van der Waals surface area contributed by atoms with Gasteiger partial charge < -0.3 is 9.47 Å². The molecule has 0 spiro atoms. The number of hydrogen-bond acceptors (Lipinski definition) is 6. The van der Waals surface area contributed by atoms with Crippen LogP contribution in [0.3, 0.4) is 0 Å². The smallest absolute Gasteiger partial charge is 0.243 e. The summed E-state index contributed by atoms with van der Waals surface area (Å²) >= 11 is 0. The molecule has 0 unspecified atom stereocenters. The van der Waals surface area contributed by atoms with Crippen LogP contribution in [0.15, 0.2) is 58.3 Å². The molecule has 0 aliphatic carbocycles. The monoisotopic (exact) mass is 634 g/mol. The Bertz CT molecular complexity index is 1230. The van der Waals surface area contributed by atoms with Gasteiger partial charge in [-0.2, -0.15) is 8.61 Å². The number of rotatable bonds is 18. The third-order valence-corrected chi connectivity index (χ3v) is 12.6. The average molecular weight is 635 g/mol. The van der Waals surface area contributed by atoms with Gasteiger partial charge in [-0.1, -0.05) is 63.8 Å². The van der Waals surface area contributed by atoms with Crippen molar-refractivity contribution in [1.82, 2.24) is 8.61 Å². The van der Waals surface area contributed by atoms with Gasteiger partial charge in [-0.05, 0) is 86.8 Å². The maximum absolute atomic E-state index is 13.4. The van der Waals surface area contributed by atoms with Crippen molar-refractivity contribution in [3.8, 4) is 0 Å². The predicted octanol–water partition coefficient (Wildman–Crippen LogP) is 6.15. The van der Waals surface area contributed by atoms with E-state index >= 15 is 0 Å². The van der Waals surface area contributed by atoms with Crippen molar-refractivity contribution in [3.63, 3.8) is 0 Å². The van der Waals surface area contributed by atoms with Crippen LogP contribution in [0.1, 0.15) is 89.2 Å². The van der Waals surface area contributed by atoms with E-state index in [1.807, 2.05) is 24.3 Å². The van der Waals surface area contributed by atoms with E-state index in [0.29, 0.717) is 22.9 Å². The van der Waals surface area contributed by atoms with Crippen molar-refractivity contribution in [2.45, 2.75) is 113 Å². The molecule has 2 atom stereocenters. The minimum Gasteiger partial charge on any atom is -0.354 e. The van der Waals surface area contributed by atoms with Crippen molar-refractivity contribution in [2.75, 3.05) is 33.1 Å². The highest BCUT2D eigenvalue weighted by atomic mass is 32.2. The molecule has 240 valence electrons. The highest BCUT2D eigenvalue weighted by Gasteiger charge is 2.37. The number of aryl methyl sites for hydroxylation is 2. The molecule has 2 heterocycles. The fraction of sp³-hybridized carbons (Fsp3) is 0.636. The minimum atomic E-state index is -3.61. The highest BCUT2D eigenvalue weighted by molar-refractivity contribution is 7.89. The van der Waals surface area contributed by atoms with Crippen molar-refractivity contribution in [3.05, 3.63) is 59.7 Å². The van der Waals surface area contributed by atoms with Gasteiger partial charge in [0.15, 0.2) is 0 Å². The van der Waals surface area contributed by atoms with Gasteiger partial charge in [0.1, 0.15) is 6.79 Å². The zero-order valence-corrected chi connectivity index (χ0v) is 27.6. The summed E-state index contributed by atoms with van der Waals surface area (Å²) in [6.07, 6.45) is 11.9. The molecule has 0 bridgehead atoms. The summed E-state index contributed by atoms with van der Waals surface area (Å²) in [5.41, 5.74) is 2.32. The Morgan fingerprint density at radius 3 is 1.40 bits per heavy atom. The fourth-order valence-corrected chi connectivity index (χ4v) is 9.45. The lowest BCUT2D eigenvalue weighted by atomic mass is 10.1. The Hall–Kier alpha value is -1.82. The van der Waals surface area contributed by atoms with E-state index in [-0.39, 0.29) is 32.1 Å². The zero-order chi connectivity index (χ0) is 30.7. The molecule has 2 aromatic carbocycles. The number of ether oxygens (including phenoxy) is 2. The molecule has 0 saturated carbocycles. The van der Waals surface area contributed by atoms with Crippen LogP contribution in [-0.4, -0.2) is 70.6 Å². The second kappa shape index (κ2) is 16.5. The topological polar surface area (TPSA) is 93.2 Å². The first-order valence-corrected chi connectivity index (χ1v) is 19.0. The Labute approximate surface area is 259 Å². The SMILES string of the molecule is CCCCCc1ccc(S(=O)(=O)N2CCC[C@H]2COCOC[C@@H]2CCCN2S(=O)(=O)c2ccc(CCCCC)cc2)cc1. The van der Waals surface area contributed by atoms with E-state index in [0.717, 1.165) is 75.3 Å². The summed E-state index contributed by atoms with van der Waals surface area (Å²) in [5, 5.41) is 0. The van der Waals surface area contributed by atoms with E-state index < -0.39 is 20.0 Å². The van der Waals surface area contributed by atoms with Crippen LogP contribution < -0.4 is 0 Å². The van der Waals surface area contributed by atoms with Crippen LogP contribution in [0.25, 0.3) is 0 Å². The van der Waals surface area contributed by atoms with E-state index in [4.69, 9.17) is 9.47 Å². The molecule has 0 aromatic heterocycles. The lowest BCUT2D eigenvalue weighted by molar-refractivity contribution is -0.0707. The van der Waals surface area contributed by atoms with Crippen LogP contribution in [0.5, 0.6) is 0 Å². The molecular weight excluding hydrogens is 585 g/mol. The molecule has 2 aliphatic heterocycles. The van der Waals surface area contributed by atoms with Crippen molar-refractivity contribution in [2.24, 2.45) is 0 Å². The van der Waals surface area contributed by atoms with Crippen LogP contribution in [0, 0.1) is 0 Å². The normalized spacial score (nSPS) is 20.2. The van der Waals surface area contributed by atoms with Gasteiger partial charge in [0.25, 0.3) is 0 Å². The summed E-state index contributed by atoms with van der Waals surface area (Å²) in [6.45, 7) is 5.77. The van der Waals surface area contributed by atoms with E-state index in [1.54, 1.807) is 32.9 Å². The first kappa shape index (κ1) is 34.1. The number of unbranched alkanes of at least 4 members (excludes halogenated alkanes) is 4. The van der Waals surface area contributed by atoms with Crippen LogP contribution in [0.4, 0.5) is 0 Å². The van der Waals surface area contributed by atoms with Crippen LogP contribution in [0.2, 0.25) is 0 Å².